The maximum atomic E-state index is 11.3. The minimum Gasteiger partial charge on any atom is -0.456 e. The topological polar surface area (TPSA) is 76.2 Å². The van der Waals surface area contributed by atoms with Crippen molar-refractivity contribution in [3.63, 3.8) is 0 Å². The van der Waals surface area contributed by atoms with Gasteiger partial charge in [-0.15, -0.1) is 0 Å². The number of allylic oxidation sites excluding steroid dienone is 1. The standard InChI is InChI=1S/C12H14N2O2/c1-9(13)7-11(14)12(15)16-8-10-5-3-2-4-6-10/h2-7,13H,8,14H2,1H3/b11-7-,13-9?. The van der Waals surface area contributed by atoms with Crippen LogP contribution in [0.3, 0.4) is 0 Å². The van der Waals surface area contributed by atoms with Crippen LogP contribution in [0.15, 0.2) is 42.1 Å². The lowest BCUT2D eigenvalue weighted by atomic mass is 10.2. The summed E-state index contributed by atoms with van der Waals surface area (Å²) in [5, 5.41) is 7.15. The summed E-state index contributed by atoms with van der Waals surface area (Å²) in [4.78, 5) is 11.3. The molecule has 0 aliphatic heterocycles. The molecule has 1 aromatic rings. The zero-order valence-electron chi connectivity index (χ0n) is 9.07. The van der Waals surface area contributed by atoms with Gasteiger partial charge in [0.1, 0.15) is 12.3 Å². The van der Waals surface area contributed by atoms with Gasteiger partial charge in [-0.2, -0.15) is 0 Å². The molecule has 0 aromatic heterocycles. The molecule has 16 heavy (non-hydrogen) atoms. The molecular weight excluding hydrogens is 204 g/mol. The Kier molecular flexibility index (Phi) is 4.27. The van der Waals surface area contributed by atoms with Gasteiger partial charge >= 0.3 is 5.97 Å². The third-order valence-corrected chi connectivity index (χ3v) is 1.82. The van der Waals surface area contributed by atoms with Gasteiger partial charge in [-0.3, -0.25) is 0 Å². The van der Waals surface area contributed by atoms with E-state index in [1.54, 1.807) is 0 Å². The smallest absolute Gasteiger partial charge is 0.354 e. The van der Waals surface area contributed by atoms with Crippen LogP contribution >= 0.6 is 0 Å². The summed E-state index contributed by atoms with van der Waals surface area (Å²) in [5.74, 6) is -0.601. The van der Waals surface area contributed by atoms with Gasteiger partial charge in [-0.1, -0.05) is 30.3 Å². The predicted molar refractivity (Wildman–Crippen MR) is 61.9 cm³/mol. The van der Waals surface area contributed by atoms with Crippen molar-refractivity contribution in [2.75, 3.05) is 0 Å². The number of nitrogens with one attached hydrogen (secondary N) is 1. The Morgan fingerprint density at radius 1 is 1.44 bits per heavy atom. The first-order valence-corrected chi connectivity index (χ1v) is 4.83. The summed E-state index contributed by atoms with van der Waals surface area (Å²) in [6.45, 7) is 1.72. The van der Waals surface area contributed by atoms with Gasteiger partial charge < -0.3 is 15.9 Å². The fraction of sp³-hybridized carbons (Fsp3) is 0.167. The Hall–Kier alpha value is -2.10. The minimum atomic E-state index is -0.601. The zero-order valence-corrected chi connectivity index (χ0v) is 9.07. The molecule has 0 spiro atoms. The van der Waals surface area contributed by atoms with Gasteiger partial charge in [0.05, 0.1) is 0 Å². The van der Waals surface area contributed by atoms with Gasteiger partial charge in [0.2, 0.25) is 0 Å². The lowest BCUT2D eigenvalue weighted by molar-refractivity contribution is -0.140. The first kappa shape index (κ1) is 12.0. The molecule has 4 nitrogen and oxygen atoms in total. The first-order chi connectivity index (χ1) is 7.59. The number of rotatable bonds is 4. The van der Waals surface area contributed by atoms with Crippen molar-refractivity contribution in [3.8, 4) is 0 Å². The molecule has 0 aliphatic carbocycles. The van der Waals surface area contributed by atoms with E-state index in [9.17, 15) is 4.79 Å². The molecule has 0 saturated heterocycles. The zero-order chi connectivity index (χ0) is 12.0. The molecule has 0 amide bonds. The summed E-state index contributed by atoms with van der Waals surface area (Å²) in [6.07, 6.45) is 1.27. The Bertz CT molecular complexity index is 410. The van der Waals surface area contributed by atoms with Crippen molar-refractivity contribution in [2.24, 2.45) is 5.73 Å². The maximum absolute atomic E-state index is 11.3. The molecule has 0 aliphatic rings. The number of benzene rings is 1. The number of carbonyl (C=O) groups excluding carboxylic acids is 1. The van der Waals surface area contributed by atoms with Crippen LogP contribution in [0.1, 0.15) is 12.5 Å². The predicted octanol–water partition coefficient (Wildman–Crippen LogP) is 1.61. The molecular formula is C12H14N2O2. The Morgan fingerprint density at radius 3 is 2.62 bits per heavy atom. The van der Waals surface area contributed by atoms with Crippen LogP contribution in [-0.2, 0) is 16.1 Å². The quantitative estimate of drug-likeness (QED) is 0.458. The molecule has 0 saturated carbocycles. The summed E-state index contributed by atoms with van der Waals surface area (Å²) >= 11 is 0. The molecule has 0 heterocycles. The number of carbonyl (C=O) groups is 1. The highest BCUT2D eigenvalue weighted by molar-refractivity contribution is 5.98. The Labute approximate surface area is 94.2 Å². The second kappa shape index (κ2) is 5.70. The second-order valence-corrected chi connectivity index (χ2v) is 3.34. The molecule has 1 aromatic carbocycles. The van der Waals surface area contributed by atoms with Crippen molar-refractivity contribution in [2.45, 2.75) is 13.5 Å². The largest absolute Gasteiger partial charge is 0.456 e. The molecule has 0 radical (unpaired) electrons. The Balaban J connectivity index is 2.51. The fourth-order valence-electron chi connectivity index (χ4n) is 1.10. The molecule has 0 atom stereocenters. The van der Waals surface area contributed by atoms with Crippen molar-refractivity contribution < 1.29 is 9.53 Å². The lowest BCUT2D eigenvalue weighted by Crippen LogP contribution is -2.15. The SMILES string of the molecule is CC(=N)/C=C(\N)C(=O)OCc1ccccc1. The molecule has 3 N–H and O–H groups in total. The highest BCUT2D eigenvalue weighted by Crippen LogP contribution is 2.02. The van der Waals surface area contributed by atoms with E-state index in [1.807, 2.05) is 30.3 Å². The summed E-state index contributed by atoms with van der Waals surface area (Å²) in [7, 11) is 0. The van der Waals surface area contributed by atoms with E-state index in [-0.39, 0.29) is 18.0 Å². The van der Waals surface area contributed by atoms with Crippen molar-refractivity contribution in [3.05, 3.63) is 47.7 Å². The van der Waals surface area contributed by atoms with Crippen LogP contribution < -0.4 is 5.73 Å². The molecule has 0 fully saturated rings. The van der Waals surface area contributed by atoms with E-state index in [0.717, 1.165) is 5.56 Å². The normalized spacial score (nSPS) is 10.9. The highest BCUT2D eigenvalue weighted by atomic mass is 16.5. The van der Waals surface area contributed by atoms with Gasteiger partial charge in [0, 0.05) is 5.71 Å². The third-order valence-electron chi connectivity index (χ3n) is 1.82. The number of nitrogens with two attached hydrogens (primary N) is 1. The van der Waals surface area contributed by atoms with Crippen molar-refractivity contribution in [1.29, 1.82) is 5.41 Å². The third kappa shape index (κ3) is 3.96. The number of hydrogen-bond donors (Lipinski definition) is 2. The van der Waals surface area contributed by atoms with E-state index >= 15 is 0 Å². The van der Waals surface area contributed by atoms with E-state index in [1.165, 1.54) is 13.0 Å². The monoisotopic (exact) mass is 218 g/mol. The van der Waals surface area contributed by atoms with Gasteiger partial charge in [0.15, 0.2) is 0 Å². The summed E-state index contributed by atoms with van der Waals surface area (Å²) in [6, 6.07) is 9.33. The maximum Gasteiger partial charge on any atom is 0.354 e. The van der Waals surface area contributed by atoms with Gasteiger partial charge in [-0.25, -0.2) is 4.79 Å². The molecule has 84 valence electrons. The van der Waals surface area contributed by atoms with Gasteiger partial charge in [0.25, 0.3) is 0 Å². The second-order valence-electron chi connectivity index (χ2n) is 3.34. The number of hydrogen-bond acceptors (Lipinski definition) is 4. The summed E-state index contributed by atoms with van der Waals surface area (Å²) in [5.41, 5.74) is 6.49. The van der Waals surface area contributed by atoms with Crippen LogP contribution in [0.5, 0.6) is 0 Å². The lowest BCUT2D eigenvalue weighted by Gasteiger charge is -2.04. The minimum absolute atomic E-state index is 0.0524. The van der Waals surface area contributed by atoms with E-state index in [0.29, 0.717) is 0 Å². The van der Waals surface area contributed by atoms with Crippen molar-refractivity contribution >= 4 is 11.7 Å². The Morgan fingerprint density at radius 2 is 2.06 bits per heavy atom. The molecule has 4 heteroatoms. The van der Waals surface area contributed by atoms with Crippen LogP contribution in [0, 0.1) is 5.41 Å². The van der Waals surface area contributed by atoms with Crippen LogP contribution in [0.2, 0.25) is 0 Å². The van der Waals surface area contributed by atoms with E-state index in [4.69, 9.17) is 15.9 Å². The molecule has 0 unspecified atom stereocenters. The fourth-order valence-corrected chi connectivity index (χ4v) is 1.10. The number of ether oxygens (including phenoxy) is 1. The van der Waals surface area contributed by atoms with Crippen LogP contribution in [0.25, 0.3) is 0 Å². The number of esters is 1. The van der Waals surface area contributed by atoms with E-state index < -0.39 is 5.97 Å². The highest BCUT2D eigenvalue weighted by Gasteiger charge is 2.06. The molecule has 0 bridgehead atoms. The van der Waals surface area contributed by atoms with Crippen LogP contribution in [0.4, 0.5) is 0 Å². The first-order valence-electron chi connectivity index (χ1n) is 4.83. The van der Waals surface area contributed by atoms with Crippen LogP contribution in [-0.4, -0.2) is 11.7 Å². The average molecular weight is 218 g/mol. The van der Waals surface area contributed by atoms with Gasteiger partial charge in [-0.05, 0) is 18.6 Å². The van der Waals surface area contributed by atoms with Crippen molar-refractivity contribution in [1.82, 2.24) is 0 Å². The average Bonchev–Trinajstić information content (AvgIpc) is 2.26. The summed E-state index contributed by atoms with van der Waals surface area (Å²) < 4.78 is 4.96. The van der Waals surface area contributed by atoms with E-state index in [2.05, 4.69) is 0 Å². The molecule has 1 rings (SSSR count).